The molecule has 0 saturated heterocycles. The summed E-state index contributed by atoms with van der Waals surface area (Å²) < 4.78 is 7.89. The van der Waals surface area contributed by atoms with E-state index in [9.17, 15) is 4.79 Å². The second-order valence-electron chi connectivity index (χ2n) is 4.35. The highest BCUT2D eigenvalue weighted by molar-refractivity contribution is 9.10. The van der Waals surface area contributed by atoms with E-state index in [2.05, 4.69) is 33.4 Å². The van der Waals surface area contributed by atoms with E-state index in [4.69, 9.17) is 4.74 Å². The maximum atomic E-state index is 10.7. The standard InChI is InChI=1S/C16H11BrO2S/c17-14-7-11(8-18)5-6-15(14)19-9-12-10-20-16-4-2-1-3-13(12)16/h1-8,10H,9H2. The van der Waals surface area contributed by atoms with Gasteiger partial charge in [-0.3, -0.25) is 4.79 Å². The fraction of sp³-hybridized carbons (Fsp3) is 0.0625. The SMILES string of the molecule is O=Cc1ccc(OCc2csc3ccccc23)c(Br)c1. The molecule has 1 heterocycles. The molecule has 0 aliphatic carbocycles. The quantitative estimate of drug-likeness (QED) is 0.617. The van der Waals surface area contributed by atoms with Crippen LogP contribution in [0.1, 0.15) is 15.9 Å². The molecule has 0 amide bonds. The molecule has 0 bridgehead atoms. The first-order valence-corrected chi connectivity index (χ1v) is 7.78. The fourth-order valence-corrected chi connectivity index (χ4v) is 3.47. The number of fused-ring (bicyclic) bond motifs is 1. The molecule has 0 aliphatic rings. The zero-order valence-corrected chi connectivity index (χ0v) is 12.9. The van der Waals surface area contributed by atoms with Crippen molar-refractivity contribution in [2.24, 2.45) is 0 Å². The molecule has 0 aliphatic heterocycles. The molecule has 3 rings (SSSR count). The second-order valence-corrected chi connectivity index (χ2v) is 6.12. The van der Waals surface area contributed by atoms with Crippen LogP contribution in [0.5, 0.6) is 5.75 Å². The van der Waals surface area contributed by atoms with Crippen LogP contribution < -0.4 is 4.74 Å². The third-order valence-electron chi connectivity index (χ3n) is 3.04. The van der Waals surface area contributed by atoms with Crippen molar-refractivity contribution < 1.29 is 9.53 Å². The summed E-state index contributed by atoms with van der Waals surface area (Å²) >= 11 is 5.14. The Bertz CT molecular complexity index is 764. The second kappa shape index (κ2) is 5.77. The number of carbonyl (C=O) groups is 1. The summed E-state index contributed by atoms with van der Waals surface area (Å²) in [4.78, 5) is 10.7. The third kappa shape index (κ3) is 2.62. The molecule has 2 nitrogen and oxygen atoms in total. The molecule has 3 aromatic rings. The highest BCUT2D eigenvalue weighted by atomic mass is 79.9. The Labute approximate surface area is 129 Å². The maximum Gasteiger partial charge on any atom is 0.150 e. The number of benzene rings is 2. The van der Waals surface area contributed by atoms with Crippen LogP contribution in [0.4, 0.5) is 0 Å². The van der Waals surface area contributed by atoms with E-state index in [-0.39, 0.29) is 0 Å². The van der Waals surface area contributed by atoms with E-state index in [0.29, 0.717) is 12.2 Å². The van der Waals surface area contributed by atoms with Crippen molar-refractivity contribution in [2.75, 3.05) is 0 Å². The average molecular weight is 347 g/mol. The number of carbonyl (C=O) groups excluding carboxylic acids is 1. The topological polar surface area (TPSA) is 26.3 Å². The summed E-state index contributed by atoms with van der Waals surface area (Å²) in [5.74, 6) is 0.742. The molecule has 4 heteroatoms. The normalized spacial score (nSPS) is 10.7. The summed E-state index contributed by atoms with van der Waals surface area (Å²) in [6.45, 7) is 0.517. The van der Waals surface area contributed by atoms with Crippen LogP contribution in [0.3, 0.4) is 0 Å². The predicted octanol–water partition coefficient (Wildman–Crippen LogP) is 5.06. The van der Waals surface area contributed by atoms with Crippen molar-refractivity contribution in [3.63, 3.8) is 0 Å². The first-order chi connectivity index (χ1) is 9.78. The fourth-order valence-electron chi connectivity index (χ4n) is 2.01. The van der Waals surface area contributed by atoms with Gasteiger partial charge in [0.15, 0.2) is 0 Å². The van der Waals surface area contributed by atoms with Gasteiger partial charge in [-0.1, -0.05) is 18.2 Å². The van der Waals surface area contributed by atoms with Gasteiger partial charge in [-0.2, -0.15) is 0 Å². The zero-order chi connectivity index (χ0) is 13.9. The lowest BCUT2D eigenvalue weighted by molar-refractivity contribution is 0.112. The molecule has 0 fully saturated rings. The van der Waals surface area contributed by atoms with Crippen LogP contribution in [-0.4, -0.2) is 6.29 Å². The summed E-state index contributed by atoms with van der Waals surface area (Å²) in [5, 5.41) is 3.36. The molecule has 0 unspecified atom stereocenters. The molecule has 20 heavy (non-hydrogen) atoms. The summed E-state index contributed by atoms with van der Waals surface area (Å²) in [7, 11) is 0. The van der Waals surface area contributed by atoms with Crippen LogP contribution in [0.15, 0.2) is 52.3 Å². The Hall–Kier alpha value is -1.65. The van der Waals surface area contributed by atoms with Crippen LogP contribution in [0, 0.1) is 0 Å². The van der Waals surface area contributed by atoms with Crippen molar-refractivity contribution in [1.82, 2.24) is 0 Å². The van der Waals surface area contributed by atoms with Gasteiger partial charge in [-0.25, -0.2) is 0 Å². The molecule has 0 saturated carbocycles. The van der Waals surface area contributed by atoms with Crippen LogP contribution in [0.2, 0.25) is 0 Å². The molecular weight excluding hydrogens is 336 g/mol. The highest BCUT2D eigenvalue weighted by Crippen LogP contribution is 2.29. The molecule has 0 spiro atoms. The Morgan fingerprint density at radius 3 is 2.85 bits per heavy atom. The van der Waals surface area contributed by atoms with Crippen molar-refractivity contribution >= 4 is 43.6 Å². The largest absolute Gasteiger partial charge is 0.488 e. The molecule has 0 atom stereocenters. The van der Waals surface area contributed by atoms with Crippen molar-refractivity contribution in [3.05, 3.63) is 63.4 Å². The molecule has 2 aromatic carbocycles. The molecule has 0 radical (unpaired) electrons. The van der Waals surface area contributed by atoms with Gasteiger partial charge in [0, 0.05) is 15.8 Å². The summed E-state index contributed by atoms with van der Waals surface area (Å²) in [6.07, 6.45) is 0.820. The van der Waals surface area contributed by atoms with E-state index in [1.165, 1.54) is 15.6 Å². The monoisotopic (exact) mass is 346 g/mol. The summed E-state index contributed by atoms with van der Waals surface area (Å²) in [5.41, 5.74) is 1.81. The molecule has 0 N–H and O–H groups in total. The van der Waals surface area contributed by atoms with Gasteiger partial charge in [0.05, 0.1) is 4.47 Å². The number of hydrogen-bond donors (Lipinski definition) is 0. The number of hydrogen-bond acceptors (Lipinski definition) is 3. The van der Waals surface area contributed by atoms with E-state index >= 15 is 0 Å². The van der Waals surface area contributed by atoms with Gasteiger partial charge in [-0.15, -0.1) is 11.3 Å². The molecule has 1 aromatic heterocycles. The Morgan fingerprint density at radius 1 is 1.20 bits per heavy atom. The van der Waals surface area contributed by atoms with Gasteiger partial charge in [-0.05, 0) is 51.0 Å². The first kappa shape index (κ1) is 13.3. The number of thiophene rings is 1. The van der Waals surface area contributed by atoms with Crippen molar-refractivity contribution in [2.45, 2.75) is 6.61 Å². The Morgan fingerprint density at radius 2 is 2.05 bits per heavy atom. The Kier molecular flexibility index (Phi) is 3.85. The predicted molar refractivity (Wildman–Crippen MR) is 85.7 cm³/mol. The van der Waals surface area contributed by atoms with Gasteiger partial charge < -0.3 is 4.74 Å². The van der Waals surface area contributed by atoms with Crippen LogP contribution >= 0.6 is 27.3 Å². The van der Waals surface area contributed by atoms with Gasteiger partial charge in [0.2, 0.25) is 0 Å². The Balaban J connectivity index is 1.81. The minimum atomic E-state index is 0.517. The van der Waals surface area contributed by atoms with Gasteiger partial charge >= 0.3 is 0 Å². The van der Waals surface area contributed by atoms with Gasteiger partial charge in [0.25, 0.3) is 0 Å². The summed E-state index contributed by atoms with van der Waals surface area (Å²) in [6, 6.07) is 13.6. The number of rotatable bonds is 4. The number of halogens is 1. The van der Waals surface area contributed by atoms with E-state index in [0.717, 1.165) is 16.5 Å². The van der Waals surface area contributed by atoms with E-state index in [1.54, 1.807) is 23.5 Å². The minimum absolute atomic E-state index is 0.517. The lowest BCUT2D eigenvalue weighted by Crippen LogP contribution is -1.95. The third-order valence-corrected chi connectivity index (χ3v) is 4.67. The van der Waals surface area contributed by atoms with Crippen LogP contribution in [0.25, 0.3) is 10.1 Å². The maximum absolute atomic E-state index is 10.7. The van der Waals surface area contributed by atoms with E-state index in [1.807, 2.05) is 18.2 Å². The first-order valence-electron chi connectivity index (χ1n) is 6.10. The lowest BCUT2D eigenvalue weighted by atomic mass is 10.2. The number of aldehydes is 1. The molecular formula is C16H11BrO2S. The van der Waals surface area contributed by atoms with Gasteiger partial charge in [0.1, 0.15) is 18.6 Å². The smallest absolute Gasteiger partial charge is 0.150 e. The lowest BCUT2D eigenvalue weighted by Gasteiger charge is -2.08. The average Bonchev–Trinajstić information content (AvgIpc) is 2.89. The zero-order valence-electron chi connectivity index (χ0n) is 10.5. The van der Waals surface area contributed by atoms with Crippen molar-refractivity contribution in [1.29, 1.82) is 0 Å². The minimum Gasteiger partial charge on any atom is -0.488 e. The van der Waals surface area contributed by atoms with E-state index < -0.39 is 0 Å². The highest BCUT2D eigenvalue weighted by Gasteiger charge is 2.06. The number of ether oxygens (including phenoxy) is 1. The molecule has 100 valence electrons. The van der Waals surface area contributed by atoms with Crippen molar-refractivity contribution in [3.8, 4) is 5.75 Å². The van der Waals surface area contributed by atoms with Crippen LogP contribution in [-0.2, 0) is 6.61 Å².